The standard InChI is InChI=1S/C16H31N3O/c1-2-11-19(12-15-9-6-10-17-15)13-16(20)18-14-7-4-3-5-8-14/h14-15,17H,2-13H2,1H3,(H,18,20). The van der Waals surface area contributed by atoms with E-state index in [1.807, 2.05) is 0 Å². The van der Waals surface area contributed by atoms with E-state index in [9.17, 15) is 4.79 Å². The number of nitrogens with zero attached hydrogens (tertiary/aromatic N) is 1. The van der Waals surface area contributed by atoms with Crippen LogP contribution in [0.3, 0.4) is 0 Å². The van der Waals surface area contributed by atoms with Crippen LogP contribution in [0.4, 0.5) is 0 Å². The molecule has 2 fully saturated rings. The molecule has 1 unspecified atom stereocenters. The van der Waals surface area contributed by atoms with E-state index in [4.69, 9.17) is 0 Å². The molecule has 20 heavy (non-hydrogen) atoms. The number of carbonyl (C=O) groups is 1. The lowest BCUT2D eigenvalue weighted by atomic mass is 9.95. The number of carbonyl (C=O) groups excluding carboxylic acids is 1. The molecule has 0 aromatic carbocycles. The van der Waals surface area contributed by atoms with Gasteiger partial charge in [-0.3, -0.25) is 9.69 Å². The molecule has 0 bridgehead atoms. The van der Waals surface area contributed by atoms with Gasteiger partial charge in [0.25, 0.3) is 0 Å². The molecule has 0 spiro atoms. The van der Waals surface area contributed by atoms with Crippen molar-refractivity contribution in [1.82, 2.24) is 15.5 Å². The fourth-order valence-electron chi connectivity index (χ4n) is 3.50. The topological polar surface area (TPSA) is 44.4 Å². The van der Waals surface area contributed by atoms with Gasteiger partial charge in [-0.25, -0.2) is 0 Å². The largest absolute Gasteiger partial charge is 0.352 e. The van der Waals surface area contributed by atoms with Crippen LogP contribution >= 0.6 is 0 Å². The first-order valence-corrected chi connectivity index (χ1v) is 8.53. The Morgan fingerprint density at radius 1 is 1.20 bits per heavy atom. The minimum Gasteiger partial charge on any atom is -0.352 e. The van der Waals surface area contributed by atoms with Crippen molar-refractivity contribution >= 4 is 5.91 Å². The molecule has 2 N–H and O–H groups in total. The second-order valence-corrected chi connectivity index (χ2v) is 6.43. The molecular formula is C16H31N3O. The third kappa shape index (κ3) is 5.41. The van der Waals surface area contributed by atoms with Crippen molar-refractivity contribution < 1.29 is 4.79 Å². The smallest absolute Gasteiger partial charge is 0.234 e. The number of rotatable bonds is 7. The molecule has 0 aromatic heterocycles. The molecule has 0 aromatic rings. The zero-order valence-electron chi connectivity index (χ0n) is 13.0. The van der Waals surface area contributed by atoms with Gasteiger partial charge in [-0.1, -0.05) is 26.2 Å². The van der Waals surface area contributed by atoms with Crippen LogP contribution in [0.2, 0.25) is 0 Å². The Morgan fingerprint density at radius 3 is 2.65 bits per heavy atom. The number of hydrogen-bond acceptors (Lipinski definition) is 3. The summed E-state index contributed by atoms with van der Waals surface area (Å²) in [6.45, 7) is 5.94. The summed E-state index contributed by atoms with van der Waals surface area (Å²) in [4.78, 5) is 14.5. The van der Waals surface area contributed by atoms with Crippen LogP contribution in [-0.2, 0) is 4.79 Å². The molecule has 1 aliphatic carbocycles. The summed E-state index contributed by atoms with van der Waals surface area (Å²) in [7, 11) is 0. The van der Waals surface area contributed by atoms with E-state index in [1.165, 1.54) is 44.9 Å². The van der Waals surface area contributed by atoms with Crippen molar-refractivity contribution in [2.75, 3.05) is 26.2 Å². The third-order valence-electron chi connectivity index (χ3n) is 4.52. The lowest BCUT2D eigenvalue weighted by molar-refractivity contribution is -0.123. The van der Waals surface area contributed by atoms with Crippen molar-refractivity contribution in [3.05, 3.63) is 0 Å². The number of hydrogen-bond donors (Lipinski definition) is 2. The van der Waals surface area contributed by atoms with E-state index in [1.54, 1.807) is 0 Å². The Bertz CT molecular complexity index is 283. The highest BCUT2D eigenvalue weighted by Gasteiger charge is 2.21. The predicted molar refractivity (Wildman–Crippen MR) is 82.8 cm³/mol. The summed E-state index contributed by atoms with van der Waals surface area (Å²) in [6.07, 6.45) is 9.87. The molecule has 4 nitrogen and oxygen atoms in total. The van der Waals surface area contributed by atoms with Crippen LogP contribution in [0, 0.1) is 0 Å². The minimum atomic E-state index is 0.225. The highest BCUT2D eigenvalue weighted by molar-refractivity contribution is 5.78. The number of amides is 1. The van der Waals surface area contributed by atoms with E-state index in [0.29, 0.717) is 18.6 Å². The Morgan fingerprint density at radius 2 is 2.00 bits per heavy atom. The lowest BCUT2D eigenvalue weighted by Gasteiger charge is -2.27. The van der Waals surface area contributed by atoms with Crippen molar-refractivity contribution in [3.8, 4) is 0 Å². The summed E-state index contributed by atoms with van der Waals surface area (Å²) < 4.78 is 0. The maximum atomic E-state index is 12.2. The first-order valence-electron chi connectivity index (χ1n) is 8.53. The third-order valence-corrected chi connectivity index (χ3v) is 4.52. The molecule has 1 saturated heterocycles. The molecule has 1 amide bonds. The second kappa shape index (κ2) is 8.63. The molecule has 116 valence electrons. The van der Waals surface area contributed by atoms with E-state index in [-0.39, 0.29) is 5.91 Å². The van der Waals surface area contributed by atoms with Crippen LogP contribution in [-0.4, -0.2) is 49.1 Å². The molecule has 0 radical (unpaired) electrons. The van der Waals surface area contributed by atoms with Gasteiger partial charge in [-0.15, -0.1) is 0 Å². The van der Waals surface area contributed by atoms with Crippen molar-refractivity contribution in [3.63, 3.8) is 0 Å². The van der Waals surface area contributed by atoms with Crippen molar-refractivity contribution in [2.24, 2.45) is 0 Å². The number of nitrogens with one attached hydrogen (secondary N) is 2. The minimum absolute atomic E-state index is 0.225. The van der Waals surface area contributed by atoms with E-state index < -0.39 is 0 Å². The first kappa shape index (κ1) is 15.8. The van der Waals surface area contributed by atoms with Gasteiger partial charge in [0.2, 0.25) is 5.91 Å². The highest BCUT2D eigenvalue weighted by atomic mass is 16.2. The fraction of sp³-hybridized carbons (Fsp3) is 0.938. The molecule has 1 heterocycles. The van der Waals surface area contributed by atoms with Gasteiger partial charge in [0.15, 0.2) is 0 Å². The average molecular weight is 281 g/mol. The summed E-state index contributed by atoms with van der Waals surface area (Å²) in [5.41, 5.74) is 0. The van der Waals surface area contributed by atoms with Crippen LogP contribution in [0.5, 0.6) is 0 Å². The van der Waals surface area contributed by atoms with E-state index >= 15 is 0 Å². The Labute approximate surface area is 123 Å². The van der Waals surface area contributed by atoms with Gasteiger partial charge in [-0.2, -0.15) is 0 Å². The molecule has 2 aliphatic rings. The van der Waals surface area contributed by atoms with Gasteiger partial charge in [-0.05, 0) is 45.2 Å². The summed E-state index contributed by atoms with van der Waals surface area (Å²) in [5.74, 6) is 0.225. The van der Waals surface area contributed by atoms with Gasteiger partial charge in [0.1, 0.15) is 0 Å². The van der Waals surface area contributed by atoms with Crippen molar-refractivity contribution in [2.45, 2.75) is 70.4 Å². The summed E-state index contributed by atoms with van der Waals surface area (Å²) in [5, 5.41) is 6.76. The Hall–Kier alpha value is -0.610. The van der Waals surface area contributed by atoms with Crippen molar-refractivity contribution in [1.29, 1.82) is 0 Å². The average Bonchev–Trinajstić information content (AvgIpc) is 2.93. The lowest BCUT2D eigenvalue weighted by Crippen LogP contribution is -2.46. The summed E-state index contributed by atoms with van der Waals surface area (Å²) in [6, 6.07) is 1.02. The van der Waals surface area contributed by atoms with Gasteiger partial charge >= 0.3 is 0 Å². The molecule has 2 rings (SSSR count). The Balaban J connectivity index is 1.72. The molecule has 1 aliphatic heterocycles. The maximum Gasteiger partial charge on any atom is 0.234 e. The van der Waals surface area contributed by atoms with Crippen LogP contribution in [0.1, 0.15) is 58.3 Å². The summed E-state index contributed by atoms with van der Waals surface area (Å²) >= 11 is 0. The van der Waals surface area contributed by atoms with Crippen LogP contribution in [0.15, 0.2) is 0 Å². The monoisotopic (exact) mass is 281 g/mol. The first-order chi connectivity index (χ1) is 9.78. The Kier molecular flexibility index (Phi) is 6.80. The van der Waals surface area contributed by atoms with Crippen LogP contribution in [0.25, 0.3) is 0 Å². The molecular weight excluding hydrogens is 250 g/mol. The zero-order chi connectivity index (χ0) is 14.2. The van der Waals surface area contributed by atoms with Gasteiger partial charge in [0, 0.05) is 18.6 Å². The SMILES string of the molecule is CCCN(CC(=O)NC1CCCCC1)CC1CCCN1. The van der Waals surface area contributed by atoms with E-state index in [2.05, 4.69) is 22.5 Å². The van der Waals surface area contributed by atoms with E-state index in [0.717, 1.165) is 26.1 Å². The second-order valence-electron chi connectivity index (χ2n) is 6.43. The maximum absolute atomic E-state index is 12.2. The zero-order valence-corrected chi connectivity index (χ0v) is 13.0. The van der Waals surface area contributed by atoms with Gasteiger partial charge < -0.3 is 10.6 Å². The molecule has 1 saturated carbocycles. The quantitative estimate of drug-likeness (QED) is 0.749. The molecule has 4 heteroatoms. The van der Waals surface area contributed by atoms with Crippen LogP contribution < -0.4 is 10.6 Å². The van der Waals surface area contributed by atoms with Gasteiger partial charge in [0.05, 0.1) is 6.54 Å². The molecule has 1 atom stereocenters. The normalized spacial score (nSPS) is 24.2. The predicted octanol–water partition coefficient (Wildman–Crippen LogP) is 1.90. The fourth-order valence-corrected chi connectivity index (χ4v) is 3.50. The highest BCUT2D eigenvalue weighted by Crippen LogP contribution is 2.17.